The van der Waals surface area contributed by atoms with E-state index in [1.54, 1.807) is 11.3 Å². The number of esters is 1. The maximum Gasteiger partial charge on any atom is 0.315 e. The van der Waals surface area contributed by atoms with Crippen molar-refractivity contribution in [3.05, 3.63) is 21.9 Å². The average Bonchev–Trinajstić information content (AvgIpc) is 2.74. The van der Waals surface area contributed by atoms with E-state index in [4.69, 9.17) is 5.11 Å². The highest BCUT2D eigenvalue weighted by molar-refractivity contribution is 7.99. The SMILES string of the molecule is COC(=O)CSCc1ccc(C#CCO)s1. The van der Waals surface area contributed by atoms with Gasteiger partial charge in [0.05, 0.1) is 17.7 Å². The number of thioether (sulfide) groups is 1. The summed E-state index contributed by atoms with van der Waals surface area (Å²) in [5.74, 6) is 6.38. The number of hydrogen-bond donors (Lipinski definition) is 1. The molecule has 3 nitrogen and oxygen atoms in total. The Kier molecular flexibility index (Phi) is 6.01. The maximum absolute atomic E-state index is 10.9. The van der Waals surface area contributed by atoms with Crippen LogP contribution in [0.4, 0.5) is 0 Å². The van der Waals surface area contributed by atoms with Crippen molar-refractivity contribution < 1.29 is 14.6 Å². The van der Waals surface area contributed by atoms with Gasteiger partial charge in [-0.25, -0.2) is 0 Å². The van der Waals surface area contributed by atoms with Crippen LogP contribution >= 0.6 is 23.1 Å². The number of thiophene rings is 1. The van der Waals surface area contributed by atoms with Crippen LogP contribution < -0.4 is 0 Å². The quantitative estimate of drug-likeness (QED) is 0.655. The number of ether oxygens (including phenoxy) is 1. The average molecular weight is 256 g/mol. The molecule has 0 aliphatic rings. The van der Waals surface area contributed by atoms with Crippen LogP contribution in [0.25, 0.3) is 0 Å². The largest absolute Gasteiger partial charge is 0.468 e. The topological polar surface area (TPSA) is 46.5 Å². The summed E-state index contributed by atoms with van der Waals surface area (Å²) in [6.07, 6.45) is 0. The van der Waals surface area contributed by atoms with E-state index in [1.165, 1.54) is 18.9 Å². The molecule has 5 heteroatoms. The first-order valence-corrected chi connectivity index (χ1v) is 6.56. The van der Waals surface area contributed by atoms with E-state index >= 15 is 0 Å². The first-order chi connectivity index (χ1) is 7.76. The minimum Gasteiger partial charge on any atom is -0.468 e. The Labute approximate surface area is 103 Å². The van der Waals surface area contributed by atoms with E-state index < -0.39 is 0 Å². The fourth-order valence-corrected chi connectivity index (χ4v) is 2.79. The van der Waals surface area contributed by atoms with Crippen molar-refractivity contribution in [2.24, 2.45) is 0 Å². The van der Waals surface area contributed by atoms with E-state index in [2.05, 4.69) is 16.6 Å². The highest BCUT2D eigenvalue weighted by atomic mass is 32.2. The van der Waals surface area contributed by atoms with Gasteiger partial charge in [-0.3, -0.25) is 4.79 Å². The lowest BCUT2D eigenvalue weighted by Gasteiger charge is -1.97. The van der Waals surface area contributed by atoms with Gasteiger partial charge in [0.25, 0.3) is 0 Å². The van der Waals surface area contributed by atoms with Crippen molar-refractivity contribution in [2.75, 3.05) is 19.5 Å². The highest BCUT2D eigenvalue weighted by Crippen LogP contribution is 2.20. The van der Waals surface area contributed by atoms with Crippen LogP contribution in [0.1, 0.15) is 9.75 Å². The normalized spacial score (nSPS) is 9.38. The fraction of sp³-hybridized carbons (Fsp3) is 0.364. The number of aliphatic hydroxyl groups is 1. The van der Waals surface area contributed by atoms with E-state index in [0.717, 1.165) is 15.5 Å². The molecule has 0 aliphatic carbocycles. The Morgan fingerprint density at radius 3 is 3.12 bits per heavy atom. The summed E-state index contributed by atoms with van der Waals surface area (Å²) in [6.45, 7) is -0.121. The Hall–Kier alpha value is -0.960. The van der Waals surface area contributed by atoms with Gasteiger partial charge in [0, 0.05) is 10.6 Å². The van der Waals surface area contributed by atoms with Crippen LogP contribution in [0.2, 0.25) is 0 Å². The second-order valence-electron chi connectivity index (χ2n) is 2.79. The molecule has 0 bridgehead atoms. The molecule has 1 aromatic heterocycles. The molecular weight excluding hydrogens is 244 g/mol. The van der Waals surface area contributed by atoms with Crippen molar-refractivity contribution >= 4 is 29.1 Å². The monoisotopic (exact) mass is 256 g/mol. The summed E-state index contributed by atoms with van der Waals surface area (Å²) in [5.41, 5.74) is 0. The van der Waals surface area contributed by atoms with E-state index in [0.29, 0.717) is 5.75 Å². The molecule has 0 saturated carbocycles. The number of hydrogen-bond acceptors (Lipinski definition) is 5. The third-order valence-electron chi connectivity index (χ3n) is 1.64. The number of rotatable bonds is 4. The van der Waals surface area contributed by atoms with Gasteiger partial charge in [0.2, 0.25) is 0 Å². The lowest BCUT2D eigenvalue weighted by atomic mass is 10.4. The van der Waals surface area contributed by atoms with Crippen molar-refractivity contribution in [3.63, 3.8) is 0 Å². The van der Waals surface area contributed by atoms with Gasteiger partial charge in [-0.1, -0.05) is 11.8 Å². The Balaban J connectivity index is 2.37. The Morgan fingerprint density at radius 1 is 1.62 bits per heavy atom. The van der Waals surface area contributed by atoms with Crippen molar-refractivity contribution in [1.29, 1.82) is 0 Å². The molecule has 1 rings (SSSR count). The van der Waals surface area contributed by atoms with E-state index in [9.17, 15) is 4.79 Å². The van der Waals surface area contributed by atoms with Gasteiger partial charge in [0.1, 0.15) is 6.61 Å². The maximum atomic E-state index is 10.9. The standard InChI is InChI=1S/C11H12O3S2/c1-14-11(13)8-15-7-10-5-4-9(16-10)3-2-6-12/h4-5,12H,6-8H2,1H3. The van der Waals surface area contributed by atoms with Gasteiger partial charge in [0.15, 0.2) is 0 Å². The van der Waals surface area contributed by atoms with E-state index in [1.807, 2.05) is 12.1 Å². The lowest BCUT2D eigenvalue weighted by molar-refractivity contribution is -0.137. The summed E-state index contributed by atoms with van der Waals surface area (Å²) in [6, 6.07) is 3.90. The third kappa shape index (κ3) is 4.71. The molecule has 0 saturated heterocycles. The second-order valence-corrected chi connectivity index (χ2v) is 4.95. The molecule has 1 aromatic rings. The van der Waals surface area contributed by atoms with Crippen LogP contribution in [-0.4, -0.2) is 30.5 Å². The molecule has 0 atom stereocenters. The van der Waals surface area contributed by atoms with Crippen LogP contribution in [0.15, 0.2) is 12.1 Å². The fourth-order valence-electron chi connectivity index (χ4n) is 0.943. The molecule has 0 unspecified atom stereocenters. The van der Waals surface area contributed by atoms with Gasteiger partial charge >= 0.3 is 5.97 Å². The molecule has 1 N–H and O–H groups in total. The van der Waals surface area contributed by atoms with Crippen molar-refractivity contribution in [1.82, 2.24) is 0 Å². The predicted octanol–water partition coefficient (Wildman–Crippen LogP) is 1.50. The van der Waals surface area contributed by atoms with Gasteiger partial charge in [-0.05, 0) is 12.1 Å². The zero-order valence-electron chi connectivity index (χ0n) is 8.86. The summed E-state index contributed by atoms with van der Waals surface area (Å²) < 4.78 is 4.54. The van der Waals surface area contributed by atoms with Crippen LogP contribution in [0.5, 0.6) is 0 Å². The molecule has 0 spiro atoms. The summed E-state index contributed by atoms with van der Waals surface area (Å²) in [4.78, 5) is 13.0. The van der Waals surface area contributed by atoms with Gasteiger partial charge in [-0.15, -0.1) is 23.1 Å². The van der Waals surface area contributed by atoms with Gasteiger partial charge < -0.3 is 9.84 Å². The zero-order valence-corrected chi connectivity index (χ0v) is 10.5. The first-order valence-electron chi connectivity index (χ1n) is 4.59. The molecule has 16 heavy (non-hydrogen) atoms. The minimum atomic E-state index is -0.207. The molecule has 0 fully saturated rings. The highest BCUT2D eigenvalue weighted by Gasteiger charge is 2.02. The number of carbonyl (C=O) groups excluding carboxylic acids is 1. The van der Waals surface area contributed by atoms with Crippen molar-refractivity contribution in [2.45, 2.75) is 5.75 Å². The number of methoxy groups -OCH3 is 1. The molecule has 0 aromatic carbocycles. The molecule has 0 radical (unpaired) electrons. The Bertz CT molecular complexity index is 401. The van der Waals surface area contributed by atoms with Crippen LogP contribution in [0, 0.1) is 11.8 Å². The summed E-state index contributed by atoms with van der Waals surface area (Å²) >= 11 is 3.09. The molecule has 86 valence electrons. The third-order valence-corrected chi connectivity index (χ3v) is 3.78. The van der Waals surface area contributed by atoms with E-state index in [-0.39, 0.29) is 12.6 Å². The Morgan fingerprint density at radius 2 is 2.44 bits per heavy atom. The van der Waals surface area contributed by atoms with Crippen LogP contribution in [0.3, 0.4) is 0 Å². The summed E-state index contributed by atoms with van der Waals surface area (Å²) in [5, 5.41) is 8.54. The van der Waals surface area contributed by atoms with Crippen LogP contribution in [-0.2, 0) is 15.3 Å². The lowest BCUT2D eigenvalue weighted by Crippen LogP contribution is -2.02. The zero-order chi connectivity index (χ0) is 11.8. The number of aliphatic hydroxyl groups excluding tert-OH is 1. The smallest absolute Gasteiger partial charge is 0.315 e. The molecular formula is C11H12O3S2. The van der Waals surface area contributed by atoms with Crippen molar-refractivity contribution in [3.8, 4) is 11.8 Å². The minimum absolute atomic E-state index is 0.121. The molecule has 0 amide bonds. The second kappa shape index (κ2) is 7.34. The molecule has 1 heterocycles. The van der Waals surface area contributed by atoms with Gasteiger partial charge in [-0.2, -0.15) is 0 Å². The molecule has 0 aliphatic heterocycles. The first kappa shape index (κ1) is 13.1. The summed E-state index contributed by atoms with van der Waals surface area (Å²) in [7, 11) is 1.39. The number of carbonyl (C=O) groups is 1. The predicted molar refractivity (Wildman–Crippen MR) is 66.5 cm³/mol.